The molecule has 6 heteroatoms. The Labute approximate surface area is 146 Å². The summed E-state index contributed by atoms with van der Waals surface area (Å²) in [6.45, 7) is 4.68. The molecule has 0 aliphatic heterocycles. The van der Waals surface area contributed by atoms with Gasteiger partial charge in [-0.3, -0.25) is 4.79 Å². The van der Waals surface area contributed by atoms with Crippen LogP contribution in [0.25, 0.3) is 11.4 Å². The van der Waals surface area contributed by atoms with Crippen molar-refractivity contribution >= 4 is 5.91 Å². The first-order valence-electron chi connectivity index (χ1n) is 8.34. The van der Waals surface area contributed by atoms with Crippen molar-refractivity contribution in [2.24, 2.45) is 0 Å². The summed E-state index contributed by atoms with van der Waals surface area (Å²) in [6.07, 6.45) is 2.27. The van der Waals surface area contributed by atoms with E-state index in [2.05, 4.69) is 41.4 Å². The van der Waals surface area contributed by atoms with Gasteiger partial charge >= 0.3 is 0 Å². The zero-order chi connectivity index (χ0) is 17.6. The van der Waals surface area contributed by atoms with E-state index in [9.17, 15) is 4.79 Å². The van der Waals surface area contributed by atoms with E-state index < -0.39 is 0 Å². The van der Waals surface area contributed by atoms with Gasteiger partial charge in [-0.25, -0.2) is 0 Å². The summed E-state index contributed by atoms with van der Waals surface area (Å²) >= 11 is 0. The number of furan rings is 1. The van der Waals surface area contributed by atoms with E-state index in [4.69, 9.17) is 8.94 Å². The minimum Gasteiger partial charge on any atom is -0.467 e. The molecule has 0 saturated heterocycles. The summed E-state index contributed by atoms with van der Waals surface area (Å²) in [5, 5.41) is 6.78. The summed E-state index contributed by atoms with van der Waals surface area (Å²) in [5.41, 5.74) is 2.17. The topological polar surface area (TPSA) is 81.2 Å². The fourth-order valence-corrected chi connectivity index (χ4v) is 2.40. The average Bonchev–Trinajstić information content (AvgIpc) is 3.30. The molecule has 2 aromatic heterocycles. The molecule has 0 unspecified atom stereocenters. The predicted molar refractivity (Wildman–Crippen MR) is 92.7 cm³/mol. The second-order valence-corrected chi connectivity index (χ2v) is 6.14. The number of hydrogen-bond donors (Lipinski definition) is 1. The number of aryl methyl sites for hydroxylation is 1. The normalized spacial score (nSPS) is 11.0. The zero-order valence-corrected chi connectivity index (χ0v) is 14.4. The Morgan fingerprint density at radius 3 is 2.68 bits per heavy atom. The van der Waals surface area contributed by atoms with Gasteiger partial charge in [0.1, 0.15) is 5.76 Å². The van der Waals surface area contributed by atoms with E-state index >= 15 is 0 Å². The molecule has 0 radical (unpaired) electrons. The number of carbonyl (C=O) groups is 1. The third kappa shape index (κ3) is 4.56. The summed E-state index contributed by atoms with van der Waals surface area (Å²) in [4.78, 5) is 16.2. The van der Waals surface area contributed by atoms with Crippen LogP contribution in [-0.4, -0.2) is 16.0 Å². The minimum atomic E-state index is -0.0857. The Morgan fingerprint density at radius 1 is 1.20 bits per heavy atom. The maximum atomic E-state index is 11.8. The zero-order valence-electron chi connectivity index (χ0n) is 14.4. The van der Waals surface area contributed by atoms with Crippen molar-refractivity contribution in [1.29, 1.82) is 0 Å². The molecular formula is C19H21N3O3. The van der Waals surface area contributed by atoms with Crippen LogP contribution >= 0.6 is 0 Å². The van der Waals surface area contributed by atoms with E-state index in [0.29, 0.717) is 30.6 Å². The van der Waals surface area contributed by atoms with E-state index in [1.54, 1.807) is 12.3 Å². The van der Waals surface area contributed by atoms with Crippen molar-refractivity contribution in [2.75, 3.05) is 0 Å². The van der Waals surface area contributed by atoms with Gasteiger partial charge in [0.2, 0.25) is 17.6 Å². The predicted octanol–water partition coefficient (Wildman–Crippen LogP) is 3.70. The first kappa shape index (κ1) is 17.0. The van der Waals surface area contributed by atoms with Gasteiger partial charge in [0.05, 0.1) is 12.8 Å². The second kappa shape index (κ2) is 7.79. The van der Waals surface area contributed by atoms with Gasteiger partial charge in [0, 0.05) is 18.4 Å². The Kier molecular flexibility index (Phi) is 5.28. The van der Waals surface area contributed by atoms with Gasteiger partial charge in [0.25, 0.3) is 0 Å². The average molecular weight is 339 g/mol. The van der Waals surface area contributed by atoms with E-state index in [1.807, 2.05) is 18.2 Å². The third-order valence-electron chi connectivity index (χ3n) is 3.91. The van der Waals surface area contributed by atoms with Crippen LogP contribution in [0.1, 0.15) is 43.4 Å². The lowest BCUT2D eigenvalue weighted by molar-refractivity contribution is -0.121. The van der Waals surface area contributed by atoms with Gasteiger partial charge < -0.3 is 14.3 Å². The first-order valence-corrected chi connectivity index (χ1v) is 8.34. The Bertz CT molecular complexity index is 805. The highest BCUT2D eigenvalue weighted by Crippen LogP contribution is 2.20. The number of hydrogen-bond acceptors (Lipinski definition) is 5. The largest absolute Gasteiger partial charge is 0.467 e. The van der Waals surface area contributed by atoms with Crippen LogP contribution in [0, 0.1) is 0 Å². The molecule has 0 aliphatic carbocycles. The molecule has 2 heterocycles. The molecule has 1 N–H and O–H groups in total. The van der Waals surface area contributed by atoms with Crippen LogP contribution in [0.5, 0.6) is 0 Å². The number of carbonyl (C=O) groups excluding carboxylic acids is 1. The number of amides is 1. The molecule has 130 valence electrons. The summed E-state index contributed by atoms with van der Waals surface area (Å²) < 4.78 is 10.4. The molecule has 0 fully saturated rings. The first-order chi connectivity index (χ1) is 12.1. The quantitative estimate of drug-likeness (QED) is 0.710. The monoisotopic (exact) mass is 339 g/mol. The molecule has 3 rings (SSSR count). The van der Waals surface area contributed by atoms with E-state index in [1.165, 1.54) is 5.56 Å². The standard InChI is InChI=1S/C19H21N3O3/c1-13(2)14-5-7-15(8-6-14)19-21-18(25-22-19)10-9-17(23)20-12-16-4-3-11-24-16/h3-8,11,13H,9-10,12H2,1-2H3,(H,20,23). The summed E-state index contributed by atoms with van der Waals surface area (Å²) in [5.74, 6) is 2.11. The van der Waals surface area contributed by atoms with Crippen molar-refractivity contribution in [2.45, 2.75) is 39.2 Å². The lowest BCUT2D eigenvalue weighted by Gasteiger charge is -2.04. The third-order valence-corrected chi connectivity index (χ3v) is 3.91. The molecular weight excluding hydrogens is 318 g/mol. The molecule has 0 aliphatic rings. The lowest BCUT2D eigenvalue weighted by Crippen LogP contribution is -2.22. The highest BCUT2D eigenvalue weighted by molar-refractivity contribution is 5.75. The number of aromatic nitrogens is 2. The van der Waals surface area contributed by atoms with Gasteiger partial charge in [0.15, 0.2) is 0 Å². The summed E-state index contributed by atoms with van der Waals surface area (Å²) in [7, 11) is 0. The van der Waals surface area contributed by atoms with Crippen LogP contribution < -0.4 is 5.32 Å². The van der Waals surface area contributed by atoms with Gasteiger partial charge in [-0.05, 0) is 23.6 Å². The van der Waals surface area contributed by atoms with Crippen molar-refractivity contribution in [3.63, 3.8) is 0 Å². The van der Waals surface area contributed by atoms with Crippen LogP contribution in [0.15, 0.2) is 51.6 Å². The van der Waals surface area contributed by atoms with Gasteiger partial charge in [-0.1, -0.05) is 43.3 Å². The van der Waals surface area contributed by atoms with E-state index in [0.717, 1.165) is 11.3 Å². The van der Waals surface area contributed by atoms with Crippen LogP contribution in [0.4, 0.5) is 0 Å². The molecule has 0 spiro atoms. The number of rotatable bonds is 7. The van der Waals surface area contributed by atoms with Crippen molar-refractivity contribution < 1.29 is 13.7 Å². The van der Waals surface area contributed by atoms with Crippen molar-refractivity contribution in [3.8, 4) is 11.4 Å². The Balaban J connectivity index is 1.52. The molecule has 0 saturated carbocycles. The molecule has 1 amide bonds. The number of nitrogens with zero attached hydrogens (tertiary/aromatic N) is 2. The van der Waals surface area contributed by atoms with Crippen LogP contribution in [-0.2, 0) is 17.8 Å². The molecule has 3 aromatic rings. The van der Waals surface area contributed by atoms with Crippen LogP contribution in [0.3, 0.4) is 0 Å². The molecule has 25 heavy (non-hydrogen) atoms. The highest BCUT2D eigenvalue weighted by Gasteiger charge is 2.11. The maximum absolute atomic E-state index is 11.8. The van der Waals surface area contributed by atoms with Gasteiger partial charge in [-0.15, -0.1) is 0 Å². The molecule has 1 aromatic carbocycles. The second-order valence-electron chi connectivity index (χ2n) is 6.14. The maximum Gasteiger partial charge on any atom is 0.227 e. The molecule has 6 nitrogen and oxygen atoms in total. The van der Waals surface area contributed by atoms with Gasteiger partial charge in [-0.2, -0.15) is 4.98 Å². The fraction of sp³-hybridized carbons (Fsp3) is 0.316. The SMILES string of the molecule is CC(C)c1ccc(-c2noc(CCC(=O)NCc3ccco3)n2)cc1. The smallest absolute Gasteiger partial charge is 0.227 e. The van der Waals surface area contributed by atoms with E-state index in [-0.39, 0.29) is 12.3 Å². The molecule has 0 bridgehead atoms. The minimum absolute atomic E-state index is 0.0857. The van der Waals surface area contributed by atoms with Crippen molar-refractivity contribution in [1.82, 2.24) is 15.5 Å². The van der Waals surface area contributed by atoms with Crippen LogP contribution in [0.2, 0.25) is 0 Å². The Hall–Kier alpha value is -2.89. The number of benzene rings is 1. The highest BCUT2D eigenvalue weighted by atomic mass is 16.5. The summed E-state index contributed by atoms with van der Waals surface area (Å²) in [6, 6.07) is 11.7. The fourth-order valence-electron chi connectivity index (χ4n) is 2.40. The Morgan fingerprint density at radius 2 is 2.00 bits per heavy atom. The lowest BCUT2D eigenvalue weighted by atomic mass is 10.0. The van der Waals surface area contributed by atoms with Crippen molar-refractivity contribution in [3.05, 3.63) is 59.9 Å². The molecule has 0 atom stereocenters. The number of nitrogens with one attached hydrogen (secondary N) is 1.